The number of thiophene rings is 2. The molecule has 2 aromatic heterocycles. The highest BCUT2D eigenvalue weighted by atomic mass is 32.1. The van der Waals surface area contributed by atoms with Gasteiger partial charge in [0.1, 0.15) is 0 Å². The third-order valence-corrected chi connectivity index (χ3v) is 10.9. The molecule has 0 radical (unpaired) electrons. The molecule has 0 aliphatic carbocycles. The number of hydrogen-bond donors (Lipinski definition) is 0. The molecular formula is C43H31NS2. The average molecular weight is 626 g/mol. The van der Waals surface area contributed by atoms with Crippen LogP contribution in [0.1, 0.15) is 12.5 Å². The Bertz CT molecular complexity index is 2440. The predicted molar refractivity (Wildman–Crippen MR) is 205 cm³/mol. The second-order valence-corrected chi connectivity index (χ2v) is 13.5. The molecule has 8 aromatic rings. The zero-order chi connectivity index (χ0) is 31.0. The third-order valence-electron chi connectivity index (χ3n) is 8.60. The second kappa shape index (κ2) is 11.9. The number of anilines is 2. The molecule has 3 heteroatoms. The molecule has 0 amide bonds. The van der Waals surface area contributed by atoms with Crippen LogP contribution in [0.5, 0.6) is 0 Å². The van der Waals surface area contributed by atoms with Gasteiger partial charge in [-0.1, -0.05) is 116 Å². The van der Waals surface area contributed by atoms with E-state index in [9.17, 15) is 0 Å². The van der Waals surface area contributed by atoms with E-state index < -0.39 is 0 Å². The fourth-order valence-electron chi connectivity index (χ4n) is 6.36. The molecule has 1 nitrogen and oxygen atoms in total. The zero-order valence-electron chi connectivity index (χ0n) is 25.5. The summed E-state index contributed by atoms with van der Waals surface area (Å²) in [7, 11) is 0. The van der Waals surface area contributed by atoms with Crippen molar-refractivity contribution < 1.29 is 0 Å². The van der Waals surface area contributed by atoms with Gasteiger partial charge in [-0.25, -0.2) is 0 Å². The van der Waals surface area contributed by atoms with Gasteiger partial charge in [-0.15, -0.1) is 22.7 Å². The highest BCUT2D eigenvalue weighted by molar-refractivity contribution is 7.26. The summed E-state index contributed by atoms with van der Waals surface area (Å²) < 4.78 is 5.15. The van der Waals surface area contributed by atoms with Crippen molar-refractivity contribution in [2.24, 2.45) is 0 Å². The zero-order valence-corrected chi connectivity index (χ0v) is 27.1. The van der Waals surface area contributed by atoms with Gasteiger partial charge >= 0.3 is 0 Å². The maximum atomic E-state index is 4.71. The maximum Gasteiger partial charge on any atom is 0.0554 e. The fourth-order valence-corrected chi connectivity index (χ4v) is 8.56. The number of rotatable bonds is 7. The highest BCUT2D eigenvalue weighted by Crippen LogP contribution is 2.46. The molecule has 0 fully saturated rings. The first-order chi connectivity index (χ1) is 22.7. The summed E-state index contributed by atoms with van der Waals surface area (Å²) in [5, 5.41) is 5.13. The fraction of sp³-hybridized carbons (Fsp3) is 0.0233. The lowest BCUT2D eigenvalue weighted by Crippen LogP contribution is -2.15. The lowest BCUT2D eigenvalue weighted by Gasteiger charge is -2.28. The monoisotopic (exact) mass is 625 g/mol. The van der Waals surface area contributed by atoms with Gasteiger partial charge < -0.3 is 4.90 Å². The van der Waals surface area contributed by atoms with Crippen LogP contribution in [0.4, 0.5) is 11.4 Å². The summed E-state index contributed by atoms with van der Waals surface area (Å²) in [5.74, 6) is 0. The van der Waals surface area contributed by atoms with E-state index in [1.165, 1.54) is 57.0 Å². The Hall–Kier alpha value is -5.22. The smallest absolute Gasteiger partial charge is 0.0554 e. The number of allylic oxidation sites excluding steroid dienone is 4. The van der Waals surface area contributed by atoms with Crippen LogP contribution in [-0.4, -0.2) is 0 Å². The number of benzene rings is 6. The molecular weight excluding hydrogens is 595 g/mol. The largest absolute Gasteiger partial charge is 0.310 e. The summed E-state index contributed by atoms with van der Waals surface area (Å²) in [4.78, 5) is 2.34. The Labute approximate surface area is 277 Å². The van der Waals surface area contributed by atoms with Crippen molar-refractivity contribution in [1.29, 1.82) is 0 Å². The normalized spacial score (nSPS) is 12.2. The summed E-state index contributed by atoms with van der Waals surface area (Å²) in [6.45, 7) is 6.80. The average Bonchev–Trinajstić information content (AvgIpc) is 3.67. The molecule has 0 bridgehead atoms. The van der Waals surface area contributed by atoms with E-state index >= 15 is 0 Å². The minimum atomic E-state index is 0.895. The quantitative estimate of drug-likeness (QED) is 0.159. The summed E-state index contributed by atoms with van der Waals surface area (Å²) in [6.07, 6.45) is 6.50. The minimum absolute atomic E-state index is 0.895. The predicted octanol–water partition coefficient (Wildman–Crippen LogP) is 13.4. The van der Waals surface area contributed by atoms with Crippen molar-refractivity contribution in [3.8, 4) is 11.1 Å². The van der Waals surface area contributed by atoms with Crippen LogP contribution in [0.15, 0.2) is 170 Å². The standard InChI is InChI=1S/C43H31NS2/c1-3-30(31-14-6-4-7-15-31)23-22-29(2)44(33-24-25-42-37(26-33)34-18-10-12-20-40(34)45-42)39-28-43-38(35-19-11-13-21-41(35)46-43)27-36(39)32-16-8-5-9-17-32/h3-28H,2H2,1H3/b23-22-,30-3+. The molecule has 0 saturated carbocycles. The SMILES string of the molecule is C=C(/C=C\C(=C/C)c1ccccc1)N(c1ccc2sc3ccccc3c2c1)c1cc2sc3ccccc3c2cc1-c1ccccc1. The Morgan fingerprint density at radius 2 is 1.15 bits per heavy atom. The first-order valence-electron chi connectivity index (χ1n) is 15.5. The highest BCUT2D eigenvalue weighted by Gasteiger charge is 2.21. The summed E-state index contributed by atoms with van der Waals surface area (Å²) in [5.41, 5.74) is 7.79. The first-order valence-corrected chi connectivity index (χ1v) is 17.1. The molecule has 0 aliphatic heterocycles. The minimum Gasteiger partial charge on any atom is -0.310 e. The van der Waals surface area contributed by atoms with E-state index in [1.54, 1.807) is 0 Å². The van der Waals surface area contributed by atoms with E-state index in [4.69, 9.17) is 6.58 Å². The van der Waals surface area contributed by atoms with Crippen LogP contribution < -0.4 is 4.90 Å². The summed E-state index contributed by atoms with van der Waals surface area (Å²) in [6, 6.07) is 50.3. The number of nitrogens with zero attached hydrogens (tertiary/aromatic N) is 1. The second-order valence-electron chi connectivity index (χ2n) is 11.4. The molecule has 0 unspecified atom stereocenters. The first kappa shape index (κ1) is 28.3. The molecule has 0 aliphatic rings. The molecule has 6 aromatic carbocycles. The van der Waals surface area contributed by atoms with Crippen molar-refractivity contribution in [3.63, 3.8) is 0 Å². The van der Waals surface area contributed by atoms with Gasteiger partial charge in [-0.05, 0) is 72.2 Å². The van der Waals surface area contributed by atoms with Gasteiger partial charge in [-0.2, -0.15) is 0 Å². The van der Waals surface area contributed by atoms with Crippen molar-refractivity contribution in [3.05, 3.63) is 176 Å². The molecule has 0 spiro atoms. The van der Waals surface area contributed by atoms with E-state index in [1.807, 2.05) is 22.7 Å². The molecule has 0 N–H and O–H groups in total. The Morgan fingerprint density at radius 3 is 1.85 bits per heavy atom. The molecule has 8 rings (SSSR count). The van der Waals surface area contributed by atoms with Crippen LogP contribution in [0.2, 0.25) is 0 Å². The van der Waals surface area contributed by atoms with Crippen molar-refractivity contribution in [2.45, 2.75) is 6.92 Å². The van der Waals surface area contributed by atoms with Gasteiger partial charge in [0.05, 0.1) is 5.69 Å². The lowest BCUT2D eigenvalue weighted by molar-refractivity contribution is 1.23. The Kier molecular flexibility index (Phi) is 7.34. The van der Waals surface area contributed by atoms with Crippen LogP contribution in [0.3, 0.4) is 0 Å². The van der Waals surface area contributed by atoms with E-state index in [-0.39, 0.29) is 0 Å². The van der Waals surface area contributed by atoms with Crippen molar-refractivity contribution in [1.82, 2.24) is 0 Å². The van der Waals surface area contributed by atoms with Crippen LogP contribution in [0.25, 0.3) is 57.0 Å². The molecule has 2 heterocycles. The van der Waals surface area contributed by atoms with E-state index in [2.05, 4.69) is 170 Å². The van der Waals surface area contributed by atoms with Crippen LogP contribution >= 0.6 is 22.7 Å². The van der Waals surface area contributed by atoms with E-state index in [0.29, 0.717) is 0 Å². The van der Waals surface area contributed by atoms with E-state index in [0.717, 1.165) is 22.6 Å². The molecule has 220 valence electrons. The van der Waals surface area contributed by atoms with Gasteiger partial charge in [0.15, 0.2) is 0 Å². The topological polar surface area (TPSA) is 3.24 Å². The Balaban J connectivity index is 1.37. The molecule has 0 atom stereocenters. The summed E-state index contributed by atoms with van der Waals surface area (Å²) >= 11 is 3.69. The van der Waals surface area contributed by atoms with Crippen LogP contribution in [0, 0.1) is 0 Å². The van der Waals surface area contributed by atoms with Gasteiger partial charge in [0, 0.05) is 57.3 Å². The number of fused-ring (bicyclic) bond motifs is 6. The lowest BCUT2D eigenvalue weighted by atomic mass is 9.98. The van der Waals surface area contributed by atoms with Crippen molar-refractivity contribution >= 4 is 80.0 Å². The van der Waals surface area contributed by atoms with Crippen molar-refractivity contribution in [2.75, 3.05) is 4.90 Å². The third kappa shape index (κ3) is 5.04. The molecule has 0 saturated heterocycles. The van der Waals surface area contributed by atoms with Gasteiger partial charge in [0.25, 0.3) is 0 Å². The Morgan fingerprint density at radius 1 is 0.565 bits per heavy atom. The maximum absolute atomic E-state index is 4.71. The van der Waals surface area contributed by atoms with Gasteiger partial charge in [0.2, 0.25) is 0 Å². The number of hydrogen-bond acceptors (Lipinski definition) is 3. The molecule has 46 heavy (non-hydrogen) atoms. The van der Waals surface area contributed by atoms with Gasteiger partial charge in [-0.3, -0.25) is 0 Å². The van der Waals surface area contributed by atoms with Crippen LogP contribution in [-0.2, 0) is 0 Å².